The first-order valence-corrected chi connectivity index (χ1v) is 5.71. The molecule has 2 rings (SSSR count). The van der Waals surface area contributed by atoms with E-state index in [9.17, 15) is 4.79 Å². The average Bonchev–Trinajstić information content (AvgIpc) is 2.35. The average molecular weight is 232 g/mol. The number of ketones is 1. The van der Waals surface area contributed by atoms with E-state index in [1.807, 2.05) is 26.0 Å². The number of carbonyl (C=O) groups excluding carboxylic acids is 1. The monoisotopic (exact) mass is 232 g/mol. The fourth-order valence-electron chi connectivity index (χ4n) is 1.94. The highest BCUT2D eigenvalue weighted by molar-refractivity contribution is 5.97. The fourth-order valence-corrected chi connectivity index (χ4v) is 1.94. The highest BCUT2D eigenvalue weighted by Gasteiger charge is 2.17. The normalized spacial score (nSPS) is 13.5. The third-order valence-corrected chi connectivity index (χ3v) is 2.91. The predicted octanol–water partition coefficient (Wildman–Crippen LogP) is 3.18. The summed E-state index contributed by atoms with van der Waals surface area (Å²) in [6, 6.07) is 3.71. The van der Waals surface area contributed by atoms with Crippen molar-refractivity contribution >= 4 is 11.9 Å². The van der Waals surface area contributed by atoms with Gasteiger partial charge < -0.3 is 9.47 Å². The fraction of sp³-hybridized carbons (Fsp3) is 0.357. The minimum atomic E-state index is 0.128. The van der Waals surface area contributed by atoms with Crippen LogP contribution in [0.25, 0.3) is 6.08 Å². The Kier molecular flexibility index (Phi) is 3.18. The van der Waals surface area contributed by atoms with Crippen molar-refractivity contribution in [1.29, 1.82) is 0 Å². The number of allylic oxidation sites excluding steroid dienone is 1. The van der Waals surface area contributed by atoms with Crippen LogP contribution in [0, 0.1) is 0 Å². The van der Waals surface area contributed by atoms with E-state index in [-0.39, 0.29) is 5.78 Å². The Bertz CT molecular complexity index is 486. The summed E-state index contributed by atoms with van der Waals surface area (Å²) in [5.41, 5.74) is 2.73. The van der Waals surface area contributed by atoms with Gasteiger partial charge in [-0.1, -0.05) is 6.92 Å². The molecular weight excluding hydrogens is 216 g/mol. The molecule has 1 aliphatic heterocycles. The zero-order chi connectivity index (χ0) is 12.4. The van der Waals surface area contributed by atoms with Gasteiger partial charge in [0.25, 0.3) is 0 Å². The van der Waals surface area contributed by atoms with Crippen LogP contribution in [0.3, 0.4) is 0 Å². The summed E-state index contributed by atoms with van der Waals surface area (Å²) in [7, 11) is 1.61. The van der Waals surface area contributed by atoms with Gasteiger partial charge in [-0.2, -0.15) is 0 Å². The molecular formula is C14H16O3. The number of methoxy groups -OCH3 is 1. The first-order chi connectivity index (χ1) is 8.15. The lowest BCUT2D eigenvalue weighted by atomic mass is 9.98. The number of ether oxygens (including phenoxy) is 2. The van der Waals surface area contributed by atoms with Gasteiger partial charge >= 0.3 is 0 Å². The van der Waals surface area contributed by atoms with E-state index in [0.717, 1.165) is 22.6 Å². The summed E-state index contributed by atoms with van der Waals surface area (Å²) < 4.78 is 10.8. The van der Waals surface area contributed by atoms with E-state index < -0.39 is 0 Å². The van der Waals surface area contributed by atoms with E-state index >= 15 is 0 Å². The molecule has 0 N–H and O–H groups in total. The molecule has 3 heteroatoms. The van der Waals surface area contributed by atoms with E-state index in [1.165, 1.54) is 0 Å². The molecule has 0 saturated carbocycles. The molecule has 0 radical (unpaired) electrons. The maximum absolute atomic E-state index is 11.7. The summed E-state index contributed by atoms with van der Waals surface area (Å²) >= 11 is 0. The third-order valence-electron chi connectivity index (χ3n) is 2.91. The number of carbonyl (C=O) groups is 1. The molecule has 17 heavy (non-hydrogen) atoms. The molecule has 0 aliphatic carbocycles. The molecule has 0 bridgehead atoms. The number of hydrogen-bond acceptors (Lipinski definition) is 3. The van der Waals surface area contributed by atoms with Crippen LogP contribution in [0.2, 0.25) is 0 Å². The Hall–Kier alpha value is -1.77. The second-order valence-corrected chi connectivity index (χ2v) is 4.07. The molecule has 0 fully saturated rings. The van der Waals surface area contributed by atoms with Gasteiger partial charge in [0.2, 0.25) is 0 Å². The van der Waals surface area contributed by atoms with Crippen molar-refractivity contribution in [1.82, 2.24) is 0 Å². The highest BCUT2D eigenvalue weighted by atomic mass is 16.5. The Morgan fingerprint density at radius 1 is 1.47 bits per heavy atom. The van der Waals surface area contributed by atoms with Crippen LogP contribution < -0.4 is 4.74 Å². The van der Waals surface area contributed by atoms with Crippen LogP contribution in [0.5, 0.6) is 5.75 Å². The lowest BCUT2D eigenvalue weighted by Gasteiger charge is -2.19. The summed E-state index contributed by atoms with van der Waals surface area (Å²) in [6.07, 6.45) is 2.44. The van der Waals surface area contributed by atoms with Crippen molar-refractivity contribution in [2.75, 3.05) is 7.11 Å². The van der Waals surface area contributed by atoms with Gasteiger partial charge in [0.15, 0.2) is 5.78 Å². The Morgan fingerprint density at radius 2 is 2.24 bits per heavy atom. The molecule has 0 aromatic heterocycles. The van der Waals surface area contributed by atoms with Gasteiger partial charge in [-0.15, -0.1) is 0 Å². The minimum absolute atomic E-state index is 0.128. The molecule has 1 aromatic carbocycles. The third kappa shape index (κ3) is 2.18. The van der Waals surface area contributed by atoms with Crippen LogP contribution in [0.15, 0.2) is 17.9 Å². The Balaban J connectivity index is 2.55. The van der Waals surface area contributed by atoms with Gasteiger partial charge in [-0.25, -0.2) is 0 Å². The molecule has 1 aromatic rings. The second kappa shape index (κ2) is 4.62. The first kappa shape index (κ1) is 11.7. The van der Waals surface area contributed by atoms with Gasteiger partial charge in [0.1, 0.15) is 12.4 Å². The topological polar surface area (TPSA) is 35.5 Å². The van der Waals surface area contributed by atoms with Crippen LogP contribution in [-0.2, 0) is 11.3 Å². The zero-order valence-corrected chi connectivity index (χ0v) is 10.4. The lowest BCUT2D eigenvalue weighted by molar-refractivity contribution is 0.0987. The number of Topliss-reactive ketones (excluding diaryl/α,β-unsaturated/α-hetero) is 1. The van der Waals surface area contributed by atoms with Gasteiger partial charge in [0, 0.05) is 17.5 Å². The highest BCUT2D eigenvalue weighted by Crippen LogP contribution is 2.31. The summed E-state index contributed by atoms with van der Waals surface area (Å²) in [5.74, 6) is 1.72. The number of fused-ring (bicyclic) bond motifs is 1. The van der Waals surface area contributed by atoms with Crippen molar-refractivity contribution in [3.63, 3.8) is 0 Å². The molecule has 0 unspecified atom stereocenters. The molecule has 1 heterocycles. The lowest BCUT2D eigenvalue weighted by Crippen LogP contribution is -2.06. The largest absolute Gasteiger partial charge is 0.496 e. The Morgan fingerprint density at radius 3 is 2.88 bits per heavy atom. The standard InChI is InChI=1S/C14H16O3/c1-4-13(15)11-6-10-5-9(2)17-8-12(10)14(7-11)16-3/h5-7H,4,8H2,1-3H3. The molecule has 0 amide bonds. The van der Waals surface area contributed by atoms with Gasteiger partial charge in [-0.05, 0) is 30.7 Å². The zero-order valence-electron chi connectivity index (χ0n) is 10.4. The SMILES string of the molecule is CCC(=O)c1cc2c(c(OC)c1)COC(C)=C2. The summed E-state index contributed by atoms with van der Waals surface area (Å²) in [6.45, 7) is 4.27. The molecule has 0 spiro atoms. The van der Waals surface area contributed by atoms with Crippen molar-refractivity contribution in [3.05, 3.63) is 34.6 Å². The van der Waals surface area contributed by atoms with Crippen molar-refractivity contribution < 1.29 is 14.3 Å². The van der Waals surface area contributed by atoms with Crippen LogP contribution in [0.1, 0.15) is 41.8 Å². The smallest absolute Gasteiger partial charge is 0.162 e. The summed E-state index contributed by atoms with van der Waals surface area (Å²) in [5, 5.41) is 0. The van der Waals surface area contributed by atoms with E-state index in [0.29, 0.717) is 18.6 Å². The number of benzene rings is 1. The predicted molar refractivity (Wildman–Crippen MR) is 66.1 cm³/mol. The molecule has 0 atom stereocenters. The first-order valence-electron chi connectivity index (χ1n) is 5.71. The number of rotatable bonds is 3. The van der Waals surface area contributed by atoms with E-state index in [2.05, 4.69) is 0 Å². The van der Waals surface area contributed by atoms with Crippen molar-refractivity contribution in [2.45, 2.75) is 26.9 Å². The maximum Gasteiger partial charge on any atom is 0.162 e. The molecule has 0 saturated heterocycles. The van der Waals surface area contributed by atoms with E-state index in [4.69, 9.17) is 9.47 Å². The maximum atomic E-state index is 11.7. The summed E-state index contributed by atoms with van der Waals surface area (Å²) in [4.78, 5) is 11.7. The Labute approximate surface area is 101 Å². The molecule has 1 aliphatic rings. The van der Waals surface area contributed by atoms with Gasteiger partial charge in [-0.3, -0.25) is 4.79 Å². The van der Waals surface area contributed by atoms with Crippen LogP contribution in [-0.4, -0.2) is 12.9 Å². The van der Waals surface area contributed by atoms with E-state index in [1.54, 1.807) is 13.2 Å². The second-order valence-electron chi connectivity index (χ2n) is 4.07. The van der Waals surface area contributed by atoms with Crippen molar-refractivity contribution in [3.8, 4) is 5.75 Å². The minimum Gasteiger partial charge on any atom is -0.496 e. The van der Waals surface area contributed by atoms with Crippen molar-refractivity contribution in [2.24, 2.45) is 0 Å². The molecule has 90 valence electrons. The number of hydrogen-bond donors (Lipinski definition) is 0. The quantitative estimate of drug-likeness (QED) is 0.751. The van der Waals surface area contributed by atoms with Gasteiger partial charge in [0.05, 0.1) is 12.9 Å². The molecule has 3 nitrogen and oxygen atoms in total. The van der Waals surface area contributed by atoms with Crippen LogP contribution >= 0.6 is 0 Å². The van der Waals surface area contributed by atoms with Crippen LogP contribution in [0.4, 0.5) is 0 Å².